The maximum absolute atomic E-state index is 2.29. The Hall–Kier alpha value is -0.574. The SMILES string of the molecule is CC[S][Ga]([c]1ccccc1)[c]1ccccc1. The summed E-state index contributed by atoms with van der Waals surface area (Å²) in [5, 5.41) is 0. The number of hydrogen-bond donors (Lipinski definition) is 0. The third-order valence-electron chi connectivity index (χ3n) is 2.54. The molecule has 0 nitrogen and oxygen atoms in total. The molecule has 0 fully saturated rings. The Morgan fingerprint density at radius 2 is 1.25 bits per heavy atom. The van der Waals surface area contributed by atoms with Crippen molar-refractivity contribution in [3.05, 3.63) is 60.7 Å². The van der Waals surface area contributed by atoms with E-state index in [4.69, 9.17) is 0 Å². The summed E-state index contributed by atoms with van der Waals surface area (Å²) in [5.41, 5.74) is 0. The van der Waals surface area contributed by atoms with Crippen LogP contribution in [0.3, 0.4) is 0 Å². The van der Waals surface area contributed by atoms with E-state index in [1.54, 1.807) is 8.24 Å². The van der Waals surface area contributed by atoms with Gasteiger partial charge < -0.3 is 0 Å². The first-order valence-electron chi connectivity index (χ1n) is 5.63. The van der Waals surface area contributed by atoms with Crippen molar-refractivity contribution >= 4 is 32.9 Å². The standard InChI is InChI=1S/2C6H5.C2H6S.Ga/c2*1-2-4-6-5-3-1;1-2-3;/h2*1-5H;3H,2H2,1H3;/q;;;+1/p-1. The molecule has 0 unspecified atom stereocenters. The van der Waals surface area contributed by atoms with E-state index in [0.29, 0.717) is 0 Å². The summed E-state index contributed by atoms with van der Waals surface area (Å²) in [5.74, 6) is 1.22. The van der Waals surface area contributed by atoms with Gasteiger partial charge in [-0.05, 0) is 0 Å². The van der Waals surface area contributed by atoms with E-state index in [0.717, 1.165) is 0 Å². The second-order valence-corrected chi connectivity index (χ2v) is 13.5. The van der Waals surface area contributed by atoms with Crippen molar-refractivity contribution in [2.75, 3.05) is 5.75 Å². The molecule has 0 saturated carbocycles. The van der Waals surface area contributed by atoms with Gasteiger partial charge in [0.25, 0.3) is 0 Å². The maximum atomic E-state index is 2.29. The number of rotatable bonds is 4. The van der Waals surface area contributed by atoms with Gasteiger partial charge in [0.1, 0.15) is 0 Å². The molecule has 0 amide bonds. The molecular formula is C14H15GaS. The molecule has 2 rings (SSSR count). The van der Waals surface area contributed by atoms with Gasteiger partial charge >= 0.3 is 106 Å². The van der Waals surface area contributed by atoms with Gasteiger partial charge in [0.05, 0.1) is 0 Å². The minimum absolute atomic E-state index is 1.22. The van der Waals surface area contributed by atoms with Gasteiger partial charge in [0.15, 0.2) is 0 Å². The van der Waals surface area contributed by atoms with Gasteiger partial charge in [0.2, 0.25) is 0 Å². The van der Waals surface area contributed by atoms with Crippen LogP contribution in [0.25, 0.3) is 0 Å². The van der Waals surface area contributed by atoms with Crippen LogP contribution in [0.2, 0.25) is 0 Å². The first kappa shape index (κ1) is 11.9. The summed E-state index contributed by atoms with van der Waals surface area (Å²) in [6.45, 7) is 2.26. The molecule has 0 bridgehead atoms. The normalized spacial score (nSPS) is 10.1. The molecule has 0 spiro atoms. The van der Waals surface area contributed by atoms with Gasteiger partial charge in [0, 0.05) is 0 Å². The predicted molar refractivity (Wildman–Crippen MR) is 76.0 cm³/mol. The zero-order valence-electron chi connectivity index (χ0n) is 9.47. The van der Waals surface area contributed by atoms with E-state index < -0.39 is 15.0 Å². The fourth-order valence-electron chi connectivity index (χ4n) is 1.81. The van der Waals surface area contributed by atoms with Gasteiger partial charge in [-0.1, -0.05) is 0 Å². The first-order valence-corrected chi connectivity index (χ1v) is 12.1. The average Bonchev–Trinajstić information content (AvgIpc) is 2.38. The third kappa shape index (κ3) is 2.97. The van der Waals surface area contributed by atoms with E-state index in [1.165, 1.54) is 5.75 Å². The van der Waals surface area contributed by atoms with Crippen LogP contribution in [0.5, 0.6) is 0 Å². The van der Waals surface area contributed by atoms with Crippen molar-refractivity contribution in [3.63, 3.8) is 0 Å². The Morgan fingerprint density at radius 3 is 1.62 bits per heavy atom. The zero-order valence-corrected chi connectivity index (χ0v) is 12.7. The molecule has 0 aromatic heterocycles. The van der Waals surface area contributed by atoms with Crippen LogP contribution in [0, 0.1) is 0 Å². The van der Waals surface area contributed by atoms with Gasteiger partial charge in [-0.25, -0.2) is 0 Å². The van der Waals surface area contributed by atoms with Crippen molar-refractivity contribution < 1.29 is 0 Å². The third-order valence-corrected chi connectivity index (χ3v) is 14.4. The summed E-state index contributed by atoms with van der Waals surface area (Å²) >= 11 is -1.56. The Bertz CT molecular complexity index is 374. The summed E-state index contributed by atoms with van der Waals surface area (Å²) in [7, 11) is 2.17. The second-order valence-electron chi connectivity index (χ2n) is 3.66. The van der Waals surface area contributed by atoms with Crippen LogP contribution < -0.4 is 8.24 Å². The van der Waals surface area contributed by atoms with E-state index in [9.17, 15) is 0 Å². The van der Waals surface area contributed by atoms with Crippen LogP contribution in [0.1, 0.15) is 6.92 Å². The van der Waals surface area contributed by atoms with E-state index >= 15 is 0 Å². The zero-order chi connectivity index (χ0) is 11.2. The molecule has 2 aromatic carbocycles. The van der Waals surface area contributed by atoms with Gasteiger partial charge in [-0.2, -0.15) is 0 Å². The predicted octanol–water partition coefficient (Wildman–Crippen LogP) is 2.55. The molecule has 0 aliphatic rings. The van der Waals surface area contributed by atoms with E-state index in [-0.39, 0.29) is 0 Å². The average molecular weight is 285 g/mol. The van der Waals surface area contributed by atoms with Crippen molar-refractivity contribution in [3.8, 4) is 0 Å². The summed E-state index contributed by atoms with van der Waals surface area (Å²) in [6.07, 6.45) is 0. The quantitative estimate of drug-likeness (QED) is 0.778. The van der Waals surface area contributed by atoms with Crippen LogP contribution >= 0.6 is 9.70 Å². The molecule has 0 aliphatic carbocycles. The number of hydrogen-bond acceptors (Lipinski definition) is 1. The minimum atomic E-state index is -1.56. The van der Waals surface area contributed by atoms with Crippen LogP contribution in [-0.4, -0.2) is 20.7 Å². The number of benzene rings is 2. The Balaban J connectivity index is 2.31. The first-order chi connectivity index (χ1) is 7.92. The van der Waals surface area contributed by atoms with E-state index in [1.807, 2.05) is 0 Å². The molecule has 2 aromatic rings. The molecular weight excluding hydrogens is 270 g/mol. The summed E-state index contributed by atoms with van der Waals surface area (Å²) in [6, 6.07) is 22.0. The molecule has 2 heteroatoms. The molecule has 0 radical (unpaired) electrons. The van der Waals surface area contributed by atoms with Crippen LogP contribution in [0.15, 0.2) is 60.7 Å². The fourth-order valence-corrected chi connectivity index (χ4v) is 11.9. The Morgan fingerprint density at radius 1 is 0.812 bits per heavy atom. The molecule has 16 heavy (non-hydrogen) atoms. The molecule has 80 valence electrons. The molecule has 0 N–H and O–H groups in total. The van der Waals surface area contributed by atoms with Gasteiger partial charge in [-0.15, -0.1) is 0 Å². The van der Waals surface area contributed by atoms with Crippen LogP contribution in [-0.2, 0) is 0 Å². The molecule has 0 saturated heterocycles. The monoisotopic (exact) mass is 284 g/mol. The van der Waals surface area contributed by atoms with Crippen molar-refractivity contribution in [2.45, 2.75) is 6.92 Å². The Kier molecular flexibility index (Phi) is 4.64. The van der Waals surface area contributed by atoms with Crippen molar-refractivity contribution in [1.29, 1.82) is 0 Å². The van der Waals surface area contributed by atoms with Crippen LogP contribution in [0.4, 0.5) is 0 Å². The topological polar surface area (TPSA) is 0 Å². The molecule has 0 heterocycles. The fraction of sp³-hybridized carbons (Fsp3) is 0.143. The Labute approximate surface area is 106 Å². The second kappa shape index (κ2) is 6.23. The summed E-state index contributed by atoms with van der Waals surface area (Å²) in [4.78, 5) is 0. The summed E-state index contributed by atoms with van der Waals surface area (Å²) < 4.78 is 3.15. The molecule has 0 atom stereocenters. The van der Waals surface area contributed by atoms with Crippen molar-refractivity contribution in [2.24, 2.45) is 0 Å². The van der Waals surface area contributed by atoms with E-state index in [2.05, 4.69) is 77.3 Å². The van der Waals surface area contributed by atoms with Crippen molar-refractivity contribution in [1.82, 2.24) is 0 Å². The molecule has 0 aliphatic heterocycles. The van der Waals surface area contributed by atoms with Gasteiger partial charge in [-0.3, -0.25) is 0 Å².